The molecule has 162 valence electrons. The van der Waals surface area contributed by atoms with E-state index in [1.807, 2.05) is 11.8 Å². The van der Waals surface area contributed by atoms with Crippen LogP contribution in [-0.2, 0) is 19.6 Å². The third-order valence-electron chi connectivity index (χ3n) is 4.84. The average Bonchev–Trinajstić information content (AvgIpc) is 2.73. The van der Waals surface area contributed by atoms with Crippen LogP contribution in [0.25, 0.3) is 0 Å². The Kier molecular flexibility index (Phi) is 6.73. The number of aryl methyl sites for hydroxylation is 1. The van der Waals surface area contributed by atoms with Gasteiger partial charge in [0.05, 0.1) is 17.4 Å². The van der Waals surface area contributed by atoms with E-state index < -0.39 is 10.0 Å². The lowest BCUT2D eigenvalue weighted by atomic mass is 9.98. The van der Waals surface area contributed by atoms with E-state index in [0.717, 1.165) is 18.4 Å². The normalized spacial score (nSPS) is 16.9. The summed E-state index contributed by atoms with van der Waals surface area (Å²) in [6.07, 6.45) is 2.82. The number of rotatable bonds is 7. The number of carbonyl (C=O) groups excluding carboxylic acids is 1. The zero-order valence-corrected chi connectivity index (χ0v) is 17.8. The number of nitrogens with one attached hydrogen (secondary N) is 2. The quantitative estimate of drug-likeness (QED) is 0.436. The molecule has 0 amide bonds. The van der Waals surface area contributed by atoms with Crippen molar-refractivity contribution in [2.24, 2.45) is 5.92 Å². The lowest BCUT2D eigenvalue weighted by Crippen LogP contribution is -2.40. The minimum atomic E-state index is -3.81. The van der Waals surface area contributed by atoms with E-state index in [1.54, 1.807) is 19.1 Å². The molecule has 1 aromatic carbocycles. The smallest absolute Gasteiger partial charge is 0.310 e. The molecule has 1 fully saturated rings. The van der Waals surface area contributed by atoms with E-state index in [1.165, 1.54) is 18.5 Å². The Bertz CT molecular complexity index is 997. The fourth-order valence-electron chi connectivity index (χ4n) is 3.25. The van der Waals surface area contributed by atoms with Crippen LogP contribution < -0.4 is 20.9 Å². The molecule has 0 spiro atoms. The molecule has 0 radical (unpaired) electrons. The fourth-order valence-corrected chi connectivity index (χ4v) is 4.10. The van der Waals surface area contributed by atoms with Crippen LogP contribution in [0.4, 0.5) is 17.3 Å². The van der Waals surface area contributed by atoms with E-state index in [-0.39, 0.29) is 28.3 Å². The number of ether oxygens (including phenoxy) is 1. The zero-order chi connectivity index (χ0) is 21.7. The van der Waals surface area contributed by atoms with Crippen molar-refractivity contribution in [3.8, 4) is 0 Å². The first-order chi connectivity index (χ1) is 14.3. The van der Waals surface area contributed by atoms with Crippen LogP contribution in [0.1, 0.15) is 25.3 Å². The van der Waals surface area contributed by atoms with Gasteiger partial charge in [-0.2, -0.15) is 0 Å². The van der Waals surface area contributed by atoms with Gasteiger partial charge >= 0.3 is 5.97 Å². The molecule has 1 atom stereocenters. The Morgan fingerprint density at radius 2 is 2.03 bits per heavy atom. The van der Waals surface area contributed by atoms with Crippen LogP contribution in [0, 0.1) is 12.8 Å². The van der Waals surface area contributed by atoms with Crippen molar-refractivity contribution in [1.29, 1.82) is 0 Å². The maximum atomic E-state index is 12.5. The van der Waals surface area contributed by atoms with Crippen LogP contribution in [-0.4, -0.2) is 44.1 Å². The summed E-state index contributed by atoms with van der Waals surface area (Å²) in [5, 5.41) is 0. The van der Waals surface area contributed by atoms with Crippen molar-refractivity contribution in [2.45, 2.75) is 31.6 Å². The van der Waals surface area contributed by atoms with Crippen molar-refractivity contribution in [3.63, 3.8) is 0 Å². The second-order valence-electron chi connectivity index (χ2n) is 7.04. The maximum absolute atomic E-state index is 12.5. The Morgan fingerprint density at radius 1 is 1.30 bits per heavy atom. The molecule has 4 N–H and O–H groups in total. The molecule has 1 unspecified atom stereocenters. The minimum Gasteiger partial charge on any atom is -0.466 e. The maximum Gasteiger partial charge on any atom is 0.310 e. The van der Waals surface area contributed by atoms with Crippen LogP contribution in [0.3, 0.4) is 0 Å². The molecular formula is C19H26N6O4S. The summed E-state index contributed by atoms with van der Waals surface area (Å²) in [6, 6.07) is 6.44. The largest absolute Gasteiger partial charge is 0.466 e. The number of nitrogens with two attached hydrogens (primary N) is 1. The number of piperidine rings is 1. The fraction of sp³-hybridized carbons (Fsp3) is 0.421. The van der Waals surface area contributed by atoms with Crippen LogP contribution in [0.15, 0.2) is 35.5 Å². The third kappa shape index (κ3) is 4.97. The summed E-state index contributed by atoms with van der Waals surface area (Å²) in [5.41, 5.74) is 9.91. The predicted molar refractivity (Wildman–Crippen MR) is 113 cm³/mol. The monoisotopic (exact) mass is 434 g/mol. The van der Waals surface area contributed by atoms with Crippen molar-refractivity contribution >= 4 is 33.3 Å². The third-order valence-corrected chi connectivity index (χ3v) is 6.10. The molecule has 2 heterocycles. The van der Waals surface area contributed by atoms with Gasteiger partial charge in [-0.05, 0) is 38.8 Å². The SMILES string of the molecule is CCOC(=O)C1CCCN(c2ncnc(NNS(=O)(=O)c3ccc(C)cc3)c2N)C1. The Balaban J connectivity index is 1.73. The van der Waals surface area contributed by atoms with Crippen LogP contribution in [0.2, 0.25) is 0 Å². The highest BCUT2D eigenvalue weighted by Crippen LogP contribution is 2.30. The number of hydrazine groups is 1. The van der Waals surface area contributed by atoms with E-state index in [4.69, 9.17) is 10.5 Å². The number of nitrogen functional groups attached to an aromatic ring is 1. The lowest BCUT2D eigenvalue weighted by Gasteiger charge is -2.33. The molecular weight excluding hydrogens is 408 g/mol. The molecule has 0 aliphatic carbocycles. The number of aromatic nitrogens is 2. The van der Waals surface area contributed by atoms with Gasteiger partial charge in [-0.1, -0.05) is 17.7 Å². The Hall–Kier alpha value is -2.92. The highest BCUT2D eigenvalue weighted by atomic mass is 32.2. The zero-order valence-electron chi connectivity index (χ0n) is 17.0. The lowest BCUT2D eigenvalue weighted by molar-refractivity contribution is -0.148. The Labute approximate surface area is 175 Å². The second-order valence-corrected chi connectivity index (χ2v) is 8.72. The molecule has 3 rings (SSSR count). The van der Waals surface area contributed by atoms with Gasteiger partial charge in [-0.15, -0.1) is 4.83 Å². The number of esters is 1. The number of carbonyl (C=O) groups is 1. The number of hydrogen-bond donors (Lipinski definition) is 3. The number of benzene rings is 1. The van der Waals surface area contributed by atoms with Gasteiger partial charge in [-0.3, -0.25) is 10.2 Å². The van der Waals surface area contributed by atoms with Gasteiger partial charge in [-0.25, -0.2) is 18.4 Å². The molecule has 11 heteroatoms. The number of nitrogens with zero attached hydrogens (tertiary/aromatic N) is 3. The molecule has 1 aliphatic rings. The summed E-state index contributed by atoms with van der Waals surface area (Å²) >= 11 is 0. The Morgan fingerprint density at radius 3 is 2.73 bits per heavy atom. The first-order valence-electron chi connectivity index (χ1n) is 9.68. The van der Waals surface area contributed by atoms with Crippen molar-refractivity contribution < 1.29 is 17.9 Å². The van der Waals surface area contributed by atoms with Gasteiger partial charge in [0.1, 0.15) is 12.0 Å². The van der Waals surface area contributed by atoms with Gasteiger partial charge in [0.25, 0.3) is 10.0 Å². The van der Waals surface area contributed by atoms with Crippen molar-refractivity contribution in [1.82, 2.24) is 14.8 Å². The topological polar surface area (TPSA) is 140 Å². The van der Waals surface area contributed by atoms with Gasteiger partial charge in [0, 0.05) is 13.1 Å². The van der Waals surface area contributed by atoms with Gasteiger partial charge in [0.2, 0.25) is 0 Å². The molecule has 10 nitrogen and oxygen atoms in total. The summed E-state index contributed by atoms with van der Waals surface area (Å²) in [7, 11) is -3.81. The molecule has 30 heavy (non-hydrogen) atoms. The molecule has 1 aromatic heterocycles. The molecule has 1 aliphatic heterocycles. The van der Waals surface area contributed by atoms with Gasteiger partial charge in [0.15, 0.2) is 11.6 Å². The number of sulfonamides is 1. The number of hydrogen-bond acceptors (Lipinski definition) is 9. The second kappa shape index (κ2) is 9.26. The average molecular weight is 435 g/mol. The first kappa shape index (κ1) is 21.8. The van der Waals surface area contributed by atoms with Crippen LogP contribution in [0.5, 0.6) is 0 Å². The van der Waals surface area contributed by atoms with Crippen molar-refractivity contribution in [2.75, 3.05) is 35.8 Å². The predicted octanol–water partition coefficient (Wildman–Crippen LogP) is 1.45. The molecule has 1 saturated heterocycles. The molecule has 0 saturated carbocycles. The standard InChI is InChI=1S/C19H26N6O4S/c1-3-29-19(26)14-5-4-10-25(11-14)18-16(20)17(21-12-22-18)23-24-30(27,28)15-8-6-13(2)7-9-15/h6-9,12,14,24H,3-5,10-11,20H2,1-2H3,(H,21,22,23). The highest BCUT2D eigenvalue weighted by Gasteiger charge is 2.29. The van der Waals surface area contributed by atoms with E-state index in [2.05, 4.69) is 20.2 Å². The molecule has 0 bridgehead atoms. The van der Waals surface area contributed by atoms with E-state index in [0.29, 0.717) is 25.5 Å². The summed E-state index contributed by atoms with van der Waals surface area (Å²) in [4.78, 5) is 24.7. The van der Waals surface area contributed by atoms with E-state index in [9.17, 15) is 13.2 Å². The highest BCUT2D eigenvalue weighted by molar-refractivity contribution is 7.89. The summed E-state index contributed by atoms with van der Waals surface area (Å²) < 4.78 is 30.1. The van der Waals surface area contributed by atoms with E-state index >= 15 is 0 Å². The number of anilines is 3. The van der Waals surface area contributed by atoms with Gasteiger partial charge < -0.3 is 15.4 Å². The molecule has 2 aromatic rings. The first-order valence-corrected chi connectivity index (χ1v) is 11.2. The minimum absolute atomic E-state index is 0.113. The van der Waals surface area contributed by atoms with Crippen molar-refractivity contribution in [3.05, 3.63) is 36.2 Å². The van der Waals surface area contributed by atoms with Crippen LogP contribution >= 0.6 is 0 Å². The summed E-state index contributed by atoms with van der Waals surface area (Å²) in [5.74, 6) is 0.0773. The summed E-state index contributed by atoms with van der Waals surface area (Å²) in [6.45, 7) is 5.08.